The number of pyridine rings is 1. The molecule has 1 aromatic heterocycles. The quantitative estimate of drug-likeness (QED) is 0.927. The number of rotatable bonds is 3. The van der Waals surface area contributed by atoms with Gasteiger partial charge in [-0.05, 0) is 38.0 Å². The minimum atomic E-state index is -0.0880. The highest BCUT2D eigenvalue weighted by molar-refractivity contribution is 7.99. The van der Waals surface area contributed by atoms with Crippen molar-refractivity contribution in [2.75, 3.05) is 6.26 Å². The fraction of sp³-hybridized carbons (Fsp3) is 0.538. The van der Waals surface area contributed by atoms with Gasteiger partial charge in [-0.15, -0.1) is 0 Å². The zero-order valence-electron chi connectivity index (χ0n) is 10.4. The molecule has 1 fully saturated rings. The summed E-state index contributed by atoms with van der Waals surface area (Å²) in [5.74, 6) is -0.0880. The fourth-order valence-corrected chi connectivity index (χ4v) is 3.21. The molecule has 1 aliphatic rings. The maximum Gasteiger partial charge on any atom is 0.253 e. The lowest BCUT2D eigenvalue weighted by molar-refractivity contribution is 0.0928. The molecule has 1 N–H and O–H groups in total. The SMILES string of the molecule is CSC1CCC(NC(=O)c2ccncc2Cl)CC1. The Morgan fingerprint density at radius 2 is 2.17 bits per heavy atom. The number of halogens is 1. The van der Waals surface area contributed by atoms with E-state index in [9.17, 15) is 4.79 Å². The molecule has 0 saturated heterocycles. The molecule has 0 aliphatic heterocycles. The molecule has 1 saturated carbocycles. The number of nitrogens with one attached hydrogen (secondary N) is 1. The molecule has 1 heterocycles. The fourth-order valence-electron chi connectivity index (χ4n) is 2.27. The number of carbonyl (C=O) groups excluding carboxylic acids is 1. The number of hydrogen-bond acceptors (Lipinski definition) is 3. The number of amides is 1. The third-order valence-corrected chi connectivity index (χ3v) is 4.80. The second kappa shape index (κ2) is 6.43. The molecule has 5 heteroatoms. The maximum atomic E-state index is 12.1. The first-order chi connectivity index (χ1) is 8.70. The lowest BCUT2D eigenvalue weighted by atomic mass is 9.95. The Labute approximate surface area is 117 Å². The Morgan fingerprint density at radius 1 is 1.44 bits per heavy atom. The van der Waals surface area contributed by atoms with Gasteiger partial charge >= 0.3 is 0 Å². The summed E-state index contributed by atoms with van der Waals surface area (Å²) >= 11 is 7.88. The van der Waals surface area contributed by atoms with Gasteiger partial charge in [0.2, 0.25) is 0 Å². The third-order valence-electron chi connectivity index (χ3n) is 3.36. The highest BCUT2D eigenvalue weighted by atomic mass is 35.5. The lowest BCUT2D eigenvalue weighted by Gasteiger charge is -2.28. The van der Waals surface area contributed by atoms with Crippen LogP contribution in [0.1, 0.15) is 36.0 Å². The largest absolute Gasteiger partial charge is 0.349 e. The van der Waals surface area contributed by atoms with Crippen molar-refractivity contribution >= 4 is 29.3 Å². The lowest BCUT2D eigenvalue weighted by Crippen LogP contribution is -2.38. The van der Waals surface area contributed by atoms with Crippen molar-refractivity contribution in [1.29, 1.82) is 0 Å². The molecule has 0 unspecified atom stereocenters. The first kappa shape index (κ1) is 13.7. The molecule has 98 valence electrons. The summed E-state index contributed by atoms with van der Waals surface area (Å²) in [6.45, 7) is 0. The molecule has 1 aliphatic carbocycles. The Bertz CT molecular complexity index is 419. The predicted molar refractivity (Wildman–Crippen MR) is 76.3 cm³/mol. The van der Waals surface area contributed by atoms with E-state index in [0.29, 0.717) is 10.6 Å². The van der Waals surface area contributed by atoms with Crippen molar-refractivity contribution in [1.82, 2.24) is 10.3 Å². The molecule has 0 atom stereocenters. The van der Waals surface area contributed by atoms with E-state index in [0.717, 1.165) is 18.1 Å². The Balaban J connectivity index is 1.91. The normalized spacial score (nSPS) is 23.7. The average Bonchev–Trinajstić information content (AvgIpc) is 2.40. The van der Waals surface area contributed by atoms with Gasteiger partial charge in [0, 0.05) is 23.7 Å². The first-order valence-corrected chi connectivity index (χ1v) is 7.80. The highest BCUT2D eigenvalue weighted by Gasteiger charge is 2.22. The van der Waals surface area contributed by atoms with Crippen molar-refractivity contribution in [3.8, 4) is 0 Å². The molecule has 2 rings (SSSR count). The first-order valence-electron chi connectivity index (χ1n) is 6.14. The molecule has 0 aromatic carbocycles. The Hall–Kier alpha value is -0.740. The molecule has 0 bridgehead atoms. The van der Waals surface area contributed by atoms with Gasteiger partial charge in [0.05, 0.1) is 10.6 Å². The summed E-state index contributed by atoms with van der Waals surface area (Å²) in [6, 6.07) is 1.94. The van der Waals surface area contributed by atoms with E-state index in [2.05, 4.69) is 16.6 Å². The van der Waals surface area contributed by atoms with Crippen LogP contribution in [-0.4, -0.2) is 28.4 Å². The predicted octanol–water partition coefficient (Wildman–Crippen LogP) is 3.14. The van der Waals surface area contributed by atoms with Crippen LogP contribution in [0.25, 0.3) is 0 Å². The topological polar surface area (TPSA) is 42.0 Å². The van der Waals surface area contributed by atoms with Gasteiger partial charge in [-0.25, -0.2) is 0 Å². The van der Waals surface area contributed by atoms with Gasteiger partial charge in [0.1, 0.15) is 0 Å². The zero-order valence-corrected chi connectivity index (χ0v) is 11.9. The van der Waals surface area contributed by atoms with Crippen LogP contribution in [0.2, 0.25) is 5.02 Å². The number of nitrogens with zero attached hydrogens (tertiary/aromatic N) is 1. The molecule has 1 aromatic rings. The van der Waals surface area contributed by atoms with Crippen LogP contribution in [0.3, 0.4) is 0 Å². The van der Waals surface area contributed by atoms with Gasteiger partial charge in [-0.3, -0.25) is 9.78 Å². The van der Waals surface area contributed by atoms with Crippen LogP contribution in [0.4, 0.5) is 0 Å². The van der Waals surface area contributed by atoms with Crippen LogP contribution in [0.5, 0.6) is 0 Å². The van der Waals surface area contributed by atoms with E-state index < -0.39 is 0 Å². The van der Waals surface area contributed by atoms with E-state index in [1.807, 2.05) is 11.8 Å². The van der Waals surface area contributed by atoms with Gasteiger partial charge in [0.15, 0.2) is 0 Å². The van der Waals surface area contributed by atoms with Crippen LogP contribution in [-0.2, 0) is 0 Å². The summed E-state index contributed by atoms with van der Waals surface area (Å²) in [5.41, 5.74) is 0.513. The van der Waals surface area contributed by atoms with Gasteiger partial charge < -0.3 is 5.32 Å². The summed E-state index contributed by atoms with van der Waals surface area (Å²) in [4.78, 5) is 15.9. The van der Waals surface area contributed by atoms with Crippen LogP contribution < -0.4 is 5.32 Å². The van der Waals surface area contributed by atoms with E-state index >= 15 is 0 Å². The smallest absolute Gasteiger partial charge is 0.253 e. The van der Waals surface area contributed by atoms with E-state index in [4.69, 9.17) is 11.6 Å². The van der Waals surface area contributed by atoms with Crippen LogP contribution in [0, 0.1) is 0 Å². The second-order valence-electron chi connectivity index (χ2n) is 4.54. The van der Waals surface area contributed by atoms with E-state index in [1.165, 1.54) is 19.0 Å². The number of aromatic nitrogens is 1. The molecule has 3 nitrogen and oxygen atoms in total. The molecule has 0 radical (unpaired) electrons. The summed E-state index contributed by atoms with van der Waals surface area (Å²) in [6.07, 6.45) is 9.71. The minimum Gasteiger partial charge on any atom is -0.349 e. The number of thioether (sulfide) groups is 1. The number of hydrogen-bond donors (Lipinski definition) is 1. The standard InChI is InChI=1S/C13H17ClN2OS/c1-18-10-4-2-9(3-5-10)16-13(17)11-6-7-15-8-12(11)14/h6-10H,2-5H2,1H3,(H,16,17). The van der Waals surface area contributed by atoms with Gasteiger partial charge in [-0.1, -0.05) is 11.6 Å². The van der Waals surface area contributed by atoms with Gasteiger partial charge in [0.25, 0.3) is 5.91 Å². The Kier molecular flexibility index (Phi) is 4.89. The van der Waals surface area contributed by atoms with Crippen molar-refractivity contribution in [2.24, 2.45) is 0 Å². The van der Waals surface area contributed by atoms with Crippen molar-refractivity contribution in [3.63, 3.8) is 0 Å². The number of carbonyl (C=O) groups is 1. The second-order valence-corrected chi connectivity index (χ2v) is 6.08. The third kappa shape index (κ3) is 3.39. The molecular weight excluding hydrogens is 268 g/mol. The van der Waals surface area contributed by atoms with E-state index in [1.54, 1.807) is 12.3 Å². The molecule has 18 heavy (non-hydrogen) atoms. The van der Waals surface area contributed by atoms with E-state index in [-0.39, 0.29) is 11.9 Å². The van der Waals surface area contributed by atoms with Crippen LogP contribution >= 0.6 is 23.4 Å². The van der Waals surface area contributed by atoms with Crippen molar-refractivity contribution in [3.05, 3.63) is 29.0 Å². The molecule has 0 spiro atoms. The molecule has 1 amide bonds. The average molecular weight is 285 g/mol. The molecular formula is C13H17ClN2OS. The minimum absolute atomic E-state index is 0.0880. The summed E-state index contributed by atoms with van der Waals surface area (Å²) < 4.78 is 0. The summed E-state index contributed by atoms with van der Waals surface area (Å²) in [7, 11) is 0. The van der Waals surface area contributed by atoms with Crippen LogP contribution in [0.15, 0.2) is 18.5 Å². The Morgan fingerprint density at radius 3 is 2.78 bits per heavy atom. The zero-order chi connectivity index (χ0) is 13.0. The highest BCUT2D eigenvalue weighted by Crippen LogP contribution is 2.27. The van der Waals surface area contributed by atoms with Crippen molar-refractivity contribution in [2.45, 2.75) is 37.0 Å². The summed E-state index contributed by atoms with van der Waals surface area (Å²) in [5, 5.41) is 4.22. The van der Waals surface area contributed by atoms with Crippen molar-refractivity contribution < 1.29 is 4.79 Å². The monoisotopic (exact) mass is 284 g/mol. The van der Waals surface area contributed by atoms with Gasteiger partial charge in [-0.2, -0.15) is 11.8 Å². The maximum absolute atomic E-state index is 12.1.